The topological polar surface area (TPSA) is 105 Å². The van der Waals surface area contributed by atoms with Crippen LogP contribution in [0.15, 0.2) is 25.3 Å². The van der Waals surface area contributed by atoms with Crippen molar-refractivity contribution in [1.82, 2.24) is 0 Å². The molecule has 2 unspecified atom stereocenters. The molecule has 0 aromatic rings. The van der Waals surface area contributed by atoms with E-state index in [1.165, 1.54) is 0 Å². The number of unbranched alkanes of at least 4 members (excludes halogenated alkanes) is 1. The molecule has 2 atom stereocenters. The first-order valence-electron chi connectivity index (χ1n) is 9.33. The molecule has 0 heterocycles. The Morgan fingerprint density at radius 3 is 1.39 bits per heavy atom. The second kappa shape index (κ2) is 15.4. The molecule has 0 fully saturated rings. The smallest absolute Gasteiger partial charge is 0.330 e. The molecule has 0 aliphatic heterocycles. The van der Waals surface area contributed by atoms with Crippen molar-refractivity contribution in [1.29, 1.82) is 0 Å². The van der Waals surface area contributed by atoms with Gasteiger partial charge in [0.2, 0.25) is 0 Å². The zero-order chi connectivity index (χ0) is 21.4. The van der Waals surface area contributed by atoms with E-state index in [2.05, 4.69) is 13.2 Å². The van der Waals surface area contributed by atoms with Gasteiger partial charge >= 0.3 is 23.9 Å². The first-order valence-corrected chi connectivity index (χ1v) is 9.33. The number of carbonyl (C=O) groups is 4. The van der Waals surface area contributed by atoms with Crippen molar-refractivity contribution < 1.29 is 38.1 Å². The number of carbonyl (C=O) groups excluding carboxylic acids is 4. The fraction of sp³-hybridized carbons (Fsp3) is 0.600. The molecule has 0 aromatic heterocycles. The Labute approximate surface area is 165 Å². The third-order valence-electron chi connectivity index (χ3n) is 3.68. The lowest BCUT2D eigenvalue weighted by atomic mass is 10.2. The molecule has 0 radical (unpaired) electrons. The summed E-state index contributed by atoms with van der Waals surface area (Å²) in [5.41, 5.74) is 0. The van der Waals surface area contributed by atoms with Crippen molar-refractivity contribution in [2.24, 2.45) is 0 Å². The van der Waals surface area contributed by atoms with E-state index in [0.29, 0.717) is 25.7 Å². The molecule has 0 aromatic carbocycles. The van der Waals surface area contributed by atoms with Gasteiger partial charge in [0.1, 0.15) is 25.4 Å². The molecule has 0 saturated carbocycles. The Morgan fingerprint density at radius 1 is 0.750 bits per heavy atom. The van der Waals surface area contributed by atoms with Gasteiger partial charge in [-0.1, -0.05) is 27.0 Å². The first-order chi connectivity index (χ1) is 13.4. The number of hydrogen-bond acceptors (Lipinski definition) is 8. The molecule has 158 valence electrons. The standard InChI is InChI=1S/C20H30O8/c1-5-15(27-17(21)7-3)13-25-19(23)11-9-10-12-20(24)26-14-16(6-2)28-18(22)8-4/h7-8,15-16H,3-6,9-14H2,1-2H3. The van der Waals surface area contributed by atoms with Crippen LogP contribution in [0.1, 0.15) is 52.4 Å². The van der Waals surface area contributed by atoms with E-state index in [9.17, 15) is 19.2 Å². The normalized spacial score (nSPS) is 12.2. The number of ether oxygens (including phenoxy) is 4. The minimum absolute atomic E-state index is 0.0151. The Kier molecular flexibility index (Phi) is 14.0. The second-order valence-electron chi connectivity index (χ2n) is 5.92. The van der Waals surface area contributed by atoms with Gasteiger partial charge in [0.25, 0.3) is 0 Å². The fourth-order valence-electron chi connectivity index (χ4n) is 1.95. The van der Waals surface area contributed by atoms with E-state index in [4.69, 9.17) is 18.9 Å². The summed E-state index contributed by atoms with van der Waals surface area (Å²) in [6, 6.07) is 0. The predicted octanol–water partition coefficient (Wildman–Crippen LogP) is 2.65. The van der Waals surface area contributed by atoms with Gasteiger partial charge in [0, 0.05) is 25.0 Å². The summed E-state index contributed by atoms with van der Waals surface area (Å²) in [5, 5.41) is 0. The Hall–Kier alpha value is -2.64. The van der Waals surface area contributed by atoms with E-state index in [-0.39, 0.29) is 26.1 Å². The summed E-state index contributed by atoms with van der Waals surface area (Å²) in [6.45, 7) is 10.2. The molecule has 0 aliphatic rings. The van der Waals surface area contributed by atoms with Gasteiger partial charge in [0.15, 0.2) is 0 Å². The van der Waals surface area contributed by atoms with Gasteiger partial charge in [-0.05, 0) is 25.7 Å². The van der Waals surface area contributed by atoms with E-state index in [1.54, 1.807) is 0 Å². The number of rotatable bonds is 15. The largest absolute Gasteiger partial charge is 0.462 e. The van der Waals surface area contributed by atoms with Gasteiger partial charge in [-0.2, -0.15) is 0 Å². The average Bonchev–Trinajstić information content (AvgIpc) is 2.70. The minimum Gasteiger partial charge on any atom is -0.462 e. The Bertz CT molecular complexity index is 492. The van der Waals surface area contributed by atoms with E-state index < -0.39 is 36.1 Å². The second-order valence-corrected chi connectivity index (χ2v) is 5.92. The van der Waals surface area contributed by atoms with Gasteiger partial charge < -0.3 is 18.9 Å². The van der Waals surface area contributed by atoms with Crippen LogP contribution in [0.3, 0.4) is 0 Å². The van der Waals surface area contributed by atoms with Crippen LogP contribution < -0.4 is 0 Å². The zero-order valence-corrected chi connectivity index (χ0v) is 16.6. The van der Waals surface area contributed by atoms with E-state index >= 15 is 0 Å². The molecule has 0 N–H and O–H groups in total. The van der Waals surface area contributed by atoms with Gasteiger partial charge in [0.05, 0.1) is 0 Å². The molecule has 0 bridgehead atoms. The van der Waals surface area contributed by atoms with Crippen LogP contribution in [-0.4, -0.2) is 49.3 Å². The minimum atomic E-state index is -0.564. The van der Waals surface area contributed by atoms with E-state index in [0.717, 1.165) is 12.2 Å². The molecular formula is C20H30O8. The van der Waals surface area contributed by atoms with Crippen LogP contribution in [-0.2, 0) is 38.1 Å². The fourth-order valence-corrected chi connectivity index (χ4v) is 1.95. The van der Waals surface area contributed by atoms with Gasteiger partial charge in [-0.3, -0.25) is 9.59 Å². The lowest BCUT2D eigenvalue weighted by Crippen LogP contribution is -2.24. The molecule has 0 saturated heterocycles. The summed E-state index contributed by atoms with van der Waals surface area (Å²) in [5.74, 6) is -1.98. The maximum atomic E-state index is 11.7. The van der Waals surface area contributed by atoms with Crippen molar-refractivity contribution in [2.45, 2.75) is 64.6 Å². The van der Waals surface area contributed by atoms with Crippen molar-refractivity contribution in [3.63, 3.8) is 0 Å². The van der Waals surface area contributed by atoms with Gasteiger partial charge in [-0.25, -0.2) is 9.59 Å². The van der Waals surface area contributed by atoms with Crippen LogP contribution in [0.25, 0.3) is 0 Å². The molecule has 0 rings (SSSR count). The third-order valence-corrected chi connectivity index (χ3v) is 3.68. The van der Waals surface area contributed by atoms with Crippen molar-refractivity contribution >= 4 is 23.9 Å². The lowest BCUT2D eigenvalue weighted by Gasteiger charge is -2.15. The monoisotopic (exact) mass is 398 g/mol. The third kappa shape index (κ3) is 12.7. The Balaban J connectivity index is 3.92. The predicted molar refractivity (Wildman–Crippen MR) is 101 cm³/mol. The molecule has 8 nitrogen and oxygen atoms in total. The zero-order valence-electron chi connectivity index (χ0n) is 16.6. The van der Waals surface area contributed by atoms with Crippen LogP contribution in [0, 0.1) is 0 Å². The highest BCUT2D eigenvalue weighted by molar-refractivity contribution is 5.81. The summed E-state index contributed by atoms with van der Waals surface area (Å²) in [6.07, 6.45) is 3.32. The molecule has 0 amide bonds. The van der Waals surface area contributed by atoms with Crippen LogP contribution in [0.4, 0.5) is 0 Å². The highest BCUT2D eigenvalue weighted by Crippen LogP contribution is 2.07. The highest BCUT2D eigenvalue weighted by Gasteiger charge is 2.15. The summed E-state index contributed by atoms with van der Waals surface area (Å²) >= 11 is 0. The molecule has 0 spiro atoms. The van der Waals surface area contributed by atoms with Crippen molar-refractivity contribution in [3.05, 3.63) is 25.3 Å². The summed E-state index contributed by atoms with van der Waals surface area (Å²) in [4.78, 5) is 45.6. The van der Waals surface area contributed by atoms with Gasteiger partial charge in [-0.15, -0.1) is 0 Å². The summed E-state index contributed by atoms with van der Waals surface area (Å²) in [7, 11) is 0. The molecule has 28 heavy (non-hydrogen) atoms. The number of esters is 4. The van der Waals surface area contributed by atoms with E-state index in [1.807, 2.05) is 13.8 Å². The quantitative estimate of drug-likeness (QED) is 0.179. The SMILES string of the molecule is C=CC(=O)OC(CC)COC(=O)CCCCC(=O)OCC(CC)OC(=O)C=C. The average molecular weight is 398 g/mol. The number of hydrogen-bond donors (Lipinski definition) is 0. The molecular weight excluding hydrogens is 368 g/mol. The maximum Gasteiger partial charge on any atom is 0.330 e. The Morgan fingerprint density at radius 2 is 1.11 bits per heavy atom. The highest BCUT2D eigenvalue weighted by atomic mass is 16.6. The van der Waals surface area contributed by atoms with Crippen LogP contribution >= 0.6 is 0 Å². The lowest BCUT2D eigenvalue weighted by molar-refractivity contribution is -0.156. The van der Waals surface area contributed by atoms with Crippen molar-refractivity contribution in [2.75, 3.05) is 13.2 Å². The first kappa shape index (κ1) is 25.4. The summed E-state index contributed by atoms with van der Waals surface area (Å²) < 4.78 is 20.2. The molecule has 0 aliphatic carbocycles. The van der Waals surface area contributed by atoms with Crippen molar-refractivity contribution in [3.8, 4) is 0 Å². The maximum absolute atomic E-state index is 11.7. The van der Waals surface area contributed by atoms with Crippen LogP contribution in [0.5, 0.6) is 0 Å². The van der Waals surface area contributed by atoms with Crippen LogP contribution in [0.2, 0.25) is 0 Å². The molecule has 8 heteroatoms.